The number of rotatable bonds is 8. The topological polar surface area (TPSA) is 84.3 Å². The summed E-state index contributed by atoms with van der Waals surface area (Å²) < 4.78 is 27.7. The highest BCUT2D eigenvalue weighted by Crippen LogP contribution is 2.13. The van der Waals surface area contributed by atoms with Crippen molar-refractivity contribution in [2.24, 2.45) is 0 Å². The smallest absolute Gasteiger partial charge is 0.243 e. The van der Waals surface area contributed by atoms with E-state index in [0.717, 1.165) is 15.6 Å². The average Bonchev–Trinajstić information content (AvgIpc) is 3.24. The maximum atomic E-state index is 12.4. The van der Waals surface area contributed by atoms with Gasteiger partial charge < -0.3 is 5.32 Å². The number of amides is 1. The van der Waals surface area contributed by atoms with Crippen LogP contribution in [-0.2, 0) is 21.2 Å². The third kappa shape index (κ3) is 4.85. The molecule has 0 saturated carbocycles. The number of aromatic nitrogens is 2. The first-order valence-electron chi connectivity index (χ1n) is 8.84. The van der Waals surface area contributed by atoms with Crippen LogP contribution in [0.25, 0.3) is 5.69 Å². The van der Waals surface area contributed by atoms with Crippen LogP contribution in [0, 0.1) is 0 Å². The lowest BCUT2D eigenvalue weighted by atomic mass is 10.1. The number of hydrogen-bond donors (Lipinski definition) is 1. The van der Waals surface area contributed by atoms with Crippen molar-refractivity contribution in [1.29, 1.82) is 0 Å². The Morgan fingerprint density at radius 2 is 1.79 bits per heavy atom. The summed E-state index contributed by atoms with van der Waals surface area (Å²) in [6.07, 6.45) is 4.24. The van der Waals surface area contributed by atoms with E-state index in [2.05, 4.69) is 10.4 Å². The molecule has 8 heteroatoms. The Balaban J connectivity index is 1.48. The van der Waals surface area contributed by atoms with Gasteiger partial charge in [0.1, 0.15) is 0 Å². The van der Waals surface area contributed by atoms with Gasteiger partial charge in [0.15, 0.2) is 0 Å². The van der Waals surface area contributed by atoms with Gasteiger partial charge in [-0.25, -0.2) is 13.1 Å². The van der Waals surface area contributed by atoms with Crippen molar-refractivity contribution in [2.45, 2.75) is 11.3 Å². The molecule has 3 rings (SSSR count). The van der Waals surface area contributed by atoms with Gasteiger partial charge in [-0.05, 0) is 42.3 Å². The van der Waals surface area contributed by atoms with Crippen LogP contribution >= 0.6 is 0 Å². The first-order chi connectivity index (χ1) is 13.5. The third-order valence-corrected chi connectivity index (χ3v) is 6.08. The molecular weight excluding hydrogens is 376 g/mol. The molecule has 1 amide bonds. The zero-order valence-electron chi connectivity index (χ0n) is 15.5. The first kappa shape index (κ1) is 19.8. The molecule has 0 fully saturated rings. The van der Waals surface area contributed by atoms with Crippen molar-refractivity contribution in [1.82, 2.24) is 19.4 Å². The fourth-order valence-corrected chi connectivity index (χ4v) is 3.85. The minimum Gasteiger partial charge on any atom is -0.355 e. The highest BCUT2D eigenvalue weighted by molar-refractivity contribution is 7.89. The van der Waals surface area contributed by atoms with Gasteiger partial charge in [0, 0.05) is 26.0 Å². The van der Waals surface area contributed by atoms with Gasteiger partial charge >= 0.3 is 0 Å². The molecule has 0 spiro atoms. The van der Waals surface area contributed by atoms with E-state index in [1.807, 2.05) is 36.5 Å². The fourth-order valence-electron chi connectivity index (χ4n) is 2.70. The highest BCUT2D eigenvalue weighted by atomic mass is 32.2. The number of nitrogens with one attached hydrogen (secondary N) is 1. The van der Waals surface area contributed by atoms with Crippen LogP contribution in [0.15, 0.2) is 78.0 Å². The maximum Gasteiger partial charge on any atom is 0.243 e. The minimum atomic E-state index is -3.67. The third-order valence-electron chi connectivity index (χ3n) is 4.26. The van der Waals surface area contributed by atoms with E-state index in [1.165, 1.54) is 19.2 Å². The molecule has 0 aliphatic rings. The van der Waals surface area contributed by atoms with E-state index >= 15 is 0 Å². The Hall–Kier alpha value is -2.97. The largest absolute Gasteiger partial charge is 0.355 e. The second-order valence-corrected chi connectivity index (χ2v) is 8.34. The SMILES string of the molecule is CN(CC(=O)NCCc1ccc(-n2cccn2)cc1)S(=O)(=O)c1ccccc1. The molecule has 7 nitrogen and oxygen atoms in total. The van der Waals surface area contributed by atoms with Gasteiger partial charge in [0.2, 0.25) is 15.9 Å². The van der Waals surface area contributed by atoms with Gasteiger partial charge in [-0.2, -0.15) is 9.40 Å². The Morgan fingerprint density at radius 3 is 2.43 bits per heavy atom. The summed E-state index contributed by atoms with van der Waals surface area (Å²) in [5.41, 5.74) is 2.03. The van der Waals surface area contributed by atoms with Crippen molar-refractivity contribution in [3.8, 4) is 5.69 Å². The van der Waals surface area contributed by atoms with E-state index in [0.29, 0.717) is 13.0 Å². The quantitative estimate of drug-likeness (QED) is 0.628. The predicted molar refractivity (Wildman–Crippen MR) is 107 cm³/mol. The number of sulfonamides is 1. The van der Waals surface area contributed by atoms with Crippen molar-refractivity contribution < 1.29 is 13.2 Å². The molecular formula is C20H22N4O3S. The number of benzene rings is 2. The molecule has 3 aromatic rings. The van der Waals surface area contributed by atoms with Crippen LogP contribution < -0.4 is 5.32 Å². The molecule has 0 radical (unpaired) electrons. The zero-order valence-corrected chi connectivity index (χ0v) is 16.3. The van der Waals surface area contributed by atoms with Crippen LogP contribution in [0.5, 0.6) is 0 Å². The number of carbonyl (C=O) groups is 1. The summed E-state index contributed by atoms with van der Waals surface area (Å²) in [6, 6.07) is 17.8. The molecule has 28 heavy (non-hydrogen) atoms. The van der Waals surface area contributed by atoms with Crippen molar-refractivity contribution in [3.63, 3.8) is 0 Å². The molecule has 0 aliphatic carbocycles. The molecule has 0 saturated heterocycles. The second kappa shape index (κ2) is 8.81. The van der Waals surface area contributed by atoms with E-state index < -0.39 is 10.0 Å². The van der Waals surface area contributed by atoms with Crippen LogP contribution in [0.2, 0.25) is 0 Å². The lowest BCUT2D eigenvalue weighted by Crippen LogP contribution is -2.39. The molecule has 1 N–H and O–H groups in total. The summed E-state index contributed by atoms with van der Waals surface area (Å²) in [7, 11) is -2.27. The molecule has 2 aromatic carbocycles. The Labute approximate surface area is 164 Å². The highest BCUT2D eigenvalue weighted by Gasteiger charge is 2.22. The molecule has 1 heterocycles. The lowest BCUT2D eigenvalue weighted by molar-refractivity contribution is -0.121. The van der Waals surface area contributed by atoms with E-state index in [1.54, 1.807) is 29.1 Å². The Bertz CT molecular complexity index is 1000. The van der Waals surface area contributed by atoms with Gasteiger partial charge in [0.05, 0.1) is 17.1 Å². The summed E-state index contributed by atoms with van der Waals surface area (Å²) in [5.74, 6) is -0.338. The van der Waals surface area contributed by atoms with Gasteiger partial charge in [0.25, 0.3) is 0 Å². The molecule has 0 bridgehead atoms. The molecule has 1 aromatic heterocycles. The van der Waals surface area contributed by atoms with Gasteiger partial charge in [-0.15, -0.1) is 0 Å². The molecule has 0 atom stereocenters. The number of carbonyl (C=O) groups excluding carboxylic acids is 1. The summed E-state index contributed by atoms with van der Waals surface area (Å²) in [4.78, 5) is 12.3. The van der Waals surface area contributed by atoms with E-state index in [-0.39, 0.29) is 17.3 Å². The van der Waals surface area contributed by atoms with Crippen LogP contribution in [0.4, 0.5) is 0 Å². The monoisotopic (exact) mass is 398 g/mol. The van der Waals surface area contributed by atoms with Gasteiger partial charge in [-0.3, -0.25) is 4.79 Å². The first-order valence-corrected chi connectivity index (χ1v) is 10.3. The number of hydrogen-bond acceptors (Lipinski definition) is 4. The summed E-state index contributed by atoms with van der Waals surface area (Å²) >= 11 is 0. The van der Waals surface area contributed by atoms with Crippen LogP contribution in [0.3, 0.4) is 0 Å². The minimum absolute atomic E-state index is 0.169. The van der Waals surface area contributed by atoms with E-state index in [9.17, 15) is 13.2 Å². The zero-order chi connectivity index (χ0) is 20.0. The summed E-state index contributed by atoms with van der Waals surface area (Å²) in [6.45, 7) is 0.203. The fraction of sp³-hybridized carbons (Fsp3) is 0.200. The van der Waals surface area contributed by atoms with Crippen LogP contribution in [0.1, 0.15) is 5.56 Å². The molecule has 146 valence electrons. The second-order valence-electron chi connectivity index (χ2n) is 6.29. The number of nitrogens with zero attached hydrogens (tertiary/aromatic N) is 3. The van der Waals surface area contributed by atoms with E-state index in [4.69, 9.17) is 0 Å². The van der Waals surface area contributed by atoms with Crippen molar-refractivity contribution >= 4 is 15.9 Å². The van der Waals surface area contributed by atoms with Gasteiger partial charge in [-0.1, -0.05) is 30.3 Å². The van der Waals surface area contributed by atoms with Crippen molar-refractivity contribution in [2.75, 3.05) is 20.1 Å². The predicted octanol–water partition coefficient (Wildman–Crippen LogP) is 1.85. The average molecular weight is 398 g/mol. The maximum absolute atomic E-state index is 12.4. The Morgan fingerprint density at radius 1 is 1.07 bits per heavy atom. The summed E-state index contributed by atoms with van der Waals surface area (Å²) in [5, 5.41) is 6.94. The van der Waals surface area contributed by atoms with Crippen molar-refractivity contribution in [3.05, 3.63) is 78.6 Å². The molecule has 0 aliphatic heterocycles. The lowest BCUT2D eigenvalue weighted by Gasteiger charge is -2.16. The van der Waals surface area contributed by atoms with Crippen LogP contribution in [-0.4, -0.2) is 48.5 Å². The Kier molecular flexibility index (Phi) is 6.23. The number of likely N-dealkylation sites (N-methyl/N-ethyl adjacent to an activating group) is 1. The standard InChI is InChI=1S/C20H22N4O3S/c1-23(28(26,27)19-6-3-2-4-7-19)16-20(25)21-14-12-17-8-10-18(11-9-17)24-15-5-13-22-24/h2-11,13,15H,12,14,16H2,1H3,(H,21,25). The molecule has 0 unspecified atom stereocenters. The normalized spacial score (nSPS) is 11.5.